The molecule has 2 aromatic rings. The van der Waals surface area contributed by atoms with Crippen molar-refractivity contribution in [2.75, 3.05) is 5.32 Å². The molecule has 1 aliphatic carbocycles. The van der Waals surface area contributed by atoms with Gasteiger partial charge in [-0.05, 0) is 50.5 Å². The topological polar surface area (TPSA) is 112 Å². The Morgan fingerprint density at radius 1 is 1.07 bits per heavy atom. The van der Waals surface area contributed by atoms with Crippen LogP contribution in [0.4, 0.5) is 10.5 Å². The minimum Gasteiger partial charge on any atom is -0.469 e. The van der Waals surface area contributed by atoms with Crippen LogP contribution < -0.4 is 21.5 Å². The number of anilines is 1. The van der Waals surface area contributed by atoms with E-state index in [4.69, 9.17) is 4.42 Å². The van der Waals surface area contributed by atoms with Crippen molar-refractivity contribution in [2.45, 2.75) is 32.7 Å². The summed E-state index contributed by atoms with van der Waals surface area (Å²) in [6.07, 6.45) is 3.32. The molecule has 0 bridgehead atoms. The van der Waals surface area contributed by atoms with Gasteiger partial charge in [0.05, 0.1) is 17.9 Å². The van der Waals surface area contributed by atoms with Crippen molar-refractivity contribution in [2.24, 2.45) is 5.92 Å². The highest BCUT2D eigenvalue weighted by Crippen LogP contribution is 2.30. The highest BCUT2D eigenvalue weighted by molar-refractivity contribution is 5.96. The Labute approximate surface area is 156 Å². The maximum Gasteiger partial charge on any atom is 0.333 e. The fraction of sp³-hybridized carbons (Fsp3) is 0.316. The average Bonchev–Trinajstić information content (AvgIpc) is 3.41. The number of furan rings is 1. The van der Waals surface area contributed by atoms with E-state index in [0.717, 1.165) is 24.1 Å². The van der Waals surface area contributed by atoms with Crippen LogP contribution in [0.5, 0.6) is 0 Å². The lowest BCUT2D eigenvalue weighted by Gasteiger charge is -2.16. The predicted octanol–water partition coefficient (Wildman–Crippen LogP) is 2.64. The van der Waals surface area contributed by atoms with Gasteiger partial charge in [-0.15, -0.1) is 0 Å². The molecule has 0 aliphatic heterocycles. The van der Waals surface area contributed by atoms with Gasteiger partial charge in [0.1, 0.15) is 5.76 Å². The fourth-order valence-electron chi connectivity index (χ4n) is 2.56. The minimum absolute atomic E-state index is 0.0527. The smallest absolute Gasteiger partial charge is 0.333 e. The molecule has 1 saturated carbocycles. The quantitative estimate of drug-likeness (QED) is 0.606. The molecule has 3 rings (SSSR count). The van der Waals surface area contributed by atoms with Gasteiger partial charge in [0.2, 0.25) is 5.91 Å². The van der Waals surface area contributed by atoms with Crippen molar-refractivity contribution in [1.29, 1.82) is 0 Å². The summed E-state index contributed by atoms with van der Waals surface area (Å²) in [6.45, 7) is 3.48. The van der Waals surface area contributed by atoms with Crippen LogP contribution in [0.25, 0.3) is 0 Å². The summed E-state index contributed by atoms with van der Waals surface area (Å²) in [5.74, 6) is 0.212. The van der Waals surface area contributed by atoms with E-state index >= 15 is 0 Å². The molecule has 0 saturated heterocycles. The lowest BCUT2D eigenvalue weighted by molar-refractivity contribution is -0.117. The zero-order valence-electron chi connectivity index (χ0n) is 15.2. The molecule has 1 fully saturated rings. The van der Waals surface area contributed by atoms with Gasteiger partial charge >= 0.3 is 6.03 Å². The van der Waals surface area contributed by atoms with Crippen LogP contribution in [0, 0.1) is 12.8 Å². The van der Waals surface area contributed by atoms with Crippen LogP contribution in [-0.2, 0) is 4.79 Å². The van der Waals surface area contributed by atoms with Crippen LogP contribution >= 0.6 is 0 Å². The summed E-state index contributed by atoms with van der Waals surface area (Å²) >= 11 is 0. The molecule has 142 valence electrons. The van der Waals surface area contributed by atoms with Crippen LogP contribution in [0.15, 0.2) is 41.0 Å². The molecule has 1 aliphatic rings. The van der Waals surface area contributed by atoms with Crippen LogP contribution in [0.2, 0.25) is 0 Å². The summed E-state index contributed by atoms with van der Waals surface area (Å²) in [5, 5.41) is 5.59. The molecule has 1 atom stereocenters. The minimum atomic E-state index is -0.539. The number of hydrazine groups is 1. The Bertz CT molecular complexity index is 840. The molecule has 27 heavy (non-hydrogen) atoms. The predicted molar refractivity (Wildman–Crippen MR) is 98.8 cm³/mol. The summed E-state index contributed by atoms with van der Waals surface area (Å²) in [6, 6.07) is 7.97. The first-order chi connectivity index (χ1) is 12.9. The molecular formula is C19H22N4O4. The average molecular weight is 370 g/mol. The van der Waals surface area contributed by atoms with E-state index in [9.17, 15) is 14.4 Å². The van der Waals surface area contributed by atoms with Gasteiger partial charge in [0.25, 0.3) is 5.91 Å². The zero-order valence-corrected chi connectivity index (χ0v) is 15.2. The number of hydrogen-bond acceptors (Lipinski definition) is 4. The van der Waals surface area contributed by atoms with Gasteiger partial charge in [-0.1, -0.05) is 12.1 Å². The molecule has 0 unspecified atom stereocenters. The monoisotopic (exact) mass is 370 g/mol. The zero-order chi connectivity index (χ0) is 19.4. The van der Waals surface area contributed by atoms with Crippen molar-refractivity contribution < 1.29 is 18.8 Å². The molecule has 0 radical (unpaired) electrons. The Morgan fingerprint density at radius 3 is 2.37 bits per heavy atom. The van der Waals surface area contributed by atoms with E-state index in [1.54, 1.807) is 19.1 Å². The van der Waals surface area contributed by atoms with Crippen LogP contribution in [0.1, 0.15) is 47.5 Å². The number of carbonyl (C=O) groups is 3. The normalized spacial score (nSPS) is 14.1. The Balaban J connectivity index is 1.46. The van der Waals surface area contributed by atoms with Gasteiger partial charge in [-0.25, -0.2) is 10.2 Å². The van der Waals surface area contributed by atoms with Crippen LogP contribution in [-0.4, -0.2) is 17.8 Å². The molecule has 1 aromatic carbocycles. The van der Waals surface area contributed by atoms with Crippen molar-refractivity contribution >= 4 is 23.5 Å². The SMILES string of the molecule is Cc1occc1C(=O)NNC(=O)N[C@@H](C)c1ccc(NC(=O)C2CC2)cc1. The molecule has 1 aromatic heterocycles. The third kappa shape index (κ3) is 4.87. The highest BCUT2D eigenvalue weighted by atomic mass is 16.3. The molecule has 1 heterocycles. The first-order valence-corrected chi connectivity index (χ1v) is 8.76. The summed E-state index contributed by atoms with van der Waals surface area (Å²) in [5.41, 5.74) is 6.58. The standard InChI is InChI=1S/C19H22N4O4/c1-11(13-5-7-15(8-6-13)21-17(24)14-3-4-14)20-19(26)23-22-18(25)16-9-10-27-12(16)2/h5-11,14H,3-4H2,1-2H3,(H,21,24)(H,22,25)(H2,20,23,26)/t11-/m0/s1. The largest absolute Gasteiger partial charge is 0.469 e. The summed E-state index contributed by atoms with van der Waals surface area (Å²) in [4.78, 5) is 35.6. The summed E-state index contributed by atoms with van der Waals surface area (Å²) < 4.78 is 5.05. The Kier molecular flexibility index (Phi) is 5.44. The number of hydrogen-bond donors (Lipinski definition) is 4. The van der Waals surface area contributed by atoms with E-state index in [2.05, 4.69) is 21.5 Å². The molecule has 8 nitrogen and oxygen atoms in total. The number of aryl methyl sites for hydroxylation is 1. The second kappa shape index (κ2) is 7.94. The van der Waals surface area contributed by atoms with Crippen LogP contribution in [0.3, 0.4) is 0 Å². The lowest BCUT2D eigenvalue weighted by atomic mass is 10.1. The molecular weight excluding hydrogens is 348 g/mol. The Hall–Kier alpha value is -3.29. The summed E-state index contributed by atoms with van der Waals surface area (Å²) in [7, 11) is 0. The van der Waals surface area contributed by atoms with Crippen molar-refractivity contribution in [1.82, 2.24) is 16.2 Å². The second-order valence-corrected chi connectivity index (χ2v) is 6.55. The van der Waals surface area contributed by atoms with Gasteiger partial charge < -0.3 is 15.1 Å². The third-order valence-electron chi connectivity index (χ3n) is 4.37. The van der Waals surface area contributed by atoms with Gasteiger partial charge in [-0.3, -0.25) is 15.0 Å². The van der Waals surface area contributed by atoms with E-state index in [1.165, 1.54) is 12.3 Å². The highest BCUT2D eigenvalue weighted by Gasteiger charge is 2.29. The van der Waals surface area contributed by atoms with Crippen molar-refractivity contribution in [3.05, 3.63) is 53.5 Å². The molecule has 4 N–H and O–H groups in total. The lowest BCUT2D eigenvalue weighted by Crippen LogP contribution is -2.47. The number of nitrogens with one attached hydrogen (secondary N) is 4. The number of amides is 4. The maximum absolute atomic E-state index is 12.0. The van der Waals surface area contributed by atoms with Crippen molar-refractivity contribution in [3.63, 3.8) is 0 Å². The second-order valence-electron chi connectivity index (χ2n) is 6.55. The number of benzene rings is 1. The number of carbonyl (C=O) groups excluding carboxylic acids is 3. The van der Waals surface area contributed by atoms with E-state index in [-0.39, 0.29) is 17.9 Å². The van der Waals surface area contributed by atoms with E-state index < -0.39 is 11.9 Å². The third-order valence-corrected chi connectivity index (χ3v) is 4.37. The maximum atomic E-state index is 12.0. The van der Waals surface area contributed by atoms with Gasteiger partial charge in [0.15, 0.2) is 0 Å². The first-order valence-electron chi connectivity index (χ1n) is 8.76. The van der Waals surface area contributed by atoms with Gasteiger partial charge in [-0.2, -0.15) is 0 Å². The molecule has 8 heteroatoms. The van der Waals surface area contributed by atoms with E-state index in [0.29, 0.717) is 11.3 Å². The number of rotatable bonds is 5. The first kappa shape index (κ1) is 18.5. The Morgan fingerprint density at radius 2 is 1.78 bits per heavy atom. The fourth-order valence-corrected chi connectivity index (χ4v) is 2.56. The van der Waals surface area contributed by atoms with E-state index in [1.807, 2.05) is 19.1 Å². The van der Waals surface area contributed by atoms with Gasteiger partial charge in [0, 0.05) is 11.6 Å². The van der Waals surface area contributed by atoms with Crippen molar-refractivity contribution in [3.8, 4) is 0 Å². The number of urea groups is 1. The molecule has 4 amide bonds. The molecule has 0 spiro atoms.